The van der Waals surface area contributed by atoms with Crippen molar-refractivity contribution >= 4 is 0 Å². The Hall–Kier alpha value is -0.900. The Labute approximate surface area is 126 Å². The summed E-state index contributed by atoms with van der Waals surface area (Å²) in [7, 11) is 0. The van der Waals surface area contributed by atoms with Crippen LogP contribution in [0.1, 0.15) is 63.1 Å². The monoisotopic (exact) mass is 287 g/mol. The molecule has 114 valence electrons. The highest BCUT2D eigenvalue weighted by Gasteiger charge is 2.54. The summed E-state index contributed by atoms with van der Waals surface area (Å²) in [4.78, 5) is 0. The van der Waals surface area contributed by atoms with Crippen molar-refractivity contribution in [1.29, 1.82) is 0 Å². The van der Waals surface area contributed by atoms with Gasteiger partial charge in [0.05, 0.1) is 0 Å². The first-order chi connectivity index (χ1) is 10.3. The fourth-order valence-corrected chi connectivity index (χ4v) is 5.61. The third-order valence-electron chi connectivity index (χ3n) is 6.31. The third kappa shape index (κ3) is 2.23. The molecule has 0 spiro atoms. The van der Waals surface area contributed by atoms with Gasteiger partial charge in [0.25, 0.3) is 0 Å². The van der Waals surface area contributed by atoms with Gasteiger partial charge in [-0.25, -0.2) is 0 Å². The first kappa shape index (κ1) is 12.6. The SMILES string of the molecule is C(Cc1nnc(C23CC4CC(CC(C4)C2)C3)o1)NC1CC1. The molecule has 4 nitrogen and oxygen atoms in total. The average Bonchev–Trinajstić information content (AvgIpc) is 3.12. The molecule has 0 atom stereocenters. The van der Waals surface area contributed by atoms with Crippen LogP contribution in [-0.4, -0.2) is 22.8 Å². The van der Waals surface area contributed by atoms with Crippen molar-refractivity contribution in [3.8, 4) is 0 Å². The molecule has 0 amide bonds. The van der Waals surface area contributed by atoms with Gasteiger partial charge in [-0.2, -0.15) is 0 Å². The van der Waals surface area contributed by atoms with Gasteiger partial charge in [0.1, 0.15) is 0 Å². The van der Waals surface area contributed by atoms with Crippen LogP contribution in [0.5, 0.6) is 0 Å². The molecule has 1 heterocycles. The van der Waals surface area contributed by atoms with Crippen LogP contribution in [0.25, 0.3) is 0 Å². The van der Waals surface area contributed by atoms with E-state index in [1.807, 2.05) is 0 Å². The zero-order chi connectivity index (χ0) is 13.9. The minimum absolute atomic E-state index is 0.254. The molecule has 0 saturated heterocycles. The molecule has 4 heteroatoms. The van der Waals surface area contributed by atoms with E-state index in [-0.39, 0.29) is 5.41 Å². The minimum Gasteiger partial charge on any atom is -0.425 e. The van der Waals surface area contributed by atoms with Gasteiger partial charge in [0.15, 0.2) is 0 Å². The fraction of sp³-hybridized carbons (Fsp3) is 0.882. The summed E-state index contributed by atoms with van der Waals surface area (Å²) in [5, 5.41) is 12.3. The van der Waals surface area contributed by atoms with Gasteiger partial charge in [-0.1, -0.05) is 0 Å². The van der Waals surface area contributed by atoms with Crippen LogP contribution in [-0.2, 0) is 11.8 Å². The van der Waals surface area contributed by atoms with Crippen LogP contribution in [0.15, 0.2) is 4.42 Å². The second-order valence-corrected chi connectivity index (χ2v) is 8.18. The maximum absolute atomic E-state index is 6.11. The van der Waals surface area contributed by atoms with Crippen LogP contribution < -0.4 is 5.32 Å². The zero-order valence-electron chi connectivity index (χ0n) is 12.7. The summed E-state index contributed by atoms with van der Waals surface area (Å²) in [5.74, 6) is 4.62. The highest BCUT2D eigenvalue weighted by atomic mass is 16.4. The van der Waals surface area contributed by atoms with Gasteiger partial charge >= 0.3 is 0 Å². The van der Waals surface area contributed by atoms with Gasteiger partial charge in [-0.05, 0) is 69.1 Å². The maximum atomic E-state index is 6.11. The molecule has 0 unspecified atom stereocenters. The summed E-state index contributed by atoms with van der Waals surface area (Å²) >= 11 is 0. The molecule has 4 bridgehead atoms. The van der Waals surface area contributed by atoms with E-state index in [2.05, 4.69) is 15.5 Å². The standard InChI is InChI=1S/C17H25N3O/c1-2-14(1)18-4-3-15-19-20-16(21-15)17-8-11-5-12(9-17)7-13(6-11)10-17/h11-14,18H,1-10H2. The topological polar surface area (TPSA) is 51.0 Å². The quantitative estimate of drug-likeness (QED) is 0.904. The van der Waals surface area contributed by atoms with Gasteiger partial charge in [0, 0.05) is 24.4 Å². The number of hydrogen-bond acceptors (Lipinski definition) is 4. The van der Waals surface area contributed by atoms with Gasteiger partial charge in [-0.15, -0.1) is 10.2 Å². The molecule has 5 aliphatic rings. The van der Waals surface area contributed by atoms with E-state index < -0.39 is 0 Å². The van der Waals surface area contributed by atoms with E-state index >= 15 is 0 Å². The molecule has 1 N–H and O–H groups in total. The first-order valence-corrected chi connectivity index (χ1v) is 8.85. The lowest BCUT2D eigenvalue weighted by molar-refractivity contribution is -0.0182. The predicted octanol–water partition coefficient (Wildman–Crippen LogP) is 2.83. The van der Waals surface area contributed by atoms with Crippen molar-refractivity contribution < 1.29 is 4.42 Å². The minimum atomic E-state index is 0.254. The Kier molecular flexibility index (Phi) is 2.73. The molecule has 5 fully saturated rings. The largest absolute Gasteiger partial charge is 0.425 e. The molecule has 6 rings (SSSR count). The second kappa shape index (κ2) is 4.55. The lowest BCUT2D eigenvalue weighted by Gasteiger charge is -2.55. The predicted molar refractivity (Wildman–Crippen MR) is 78.9 cm³/mol. The van der Waals surface area contributed by atoms with Crippen LogP contribution in [0, 0.1) is 17.8 Å². The second-order valence-electron chi connectivity index (χ2n) is 8.18. The van der Waals surface area contributed by atoms with Crippen LogP contribution in [0.3, 0.4) is 0 Å². The van der Waals surface area contributed by atoms with E-state index in [4.69, 9.17) is 4.42 Å². The summed E-state index contributed by atoms with van der Waals surface area (Å²) in [6, 6.07) is 0.760. The van der Waals surface area contributed by atoms with Gasteiger partial charge < -0.3 is 9.73 Å². The number of hydrogen-bond donors (Lipinski definition) is 1. The molecule has 5 aliphatic carbocycles. The Morgan fingerprint density at radius 3 is 2.29 bits per heavy atom. The zero-order valence-corrected chi connectivity index (χ0v) is 12.7. The highest BCUT2D eigenvalue weighted by molar-refractivity contribution is 5.14. The van der Waals surface area contributed by atoms with E-state index in [1.54, 1.807) is 0 Å². The molecule has 0 aliphatic heterocycles. The maximum Gasteiger partial charge on any atom is 0.222 e. The number of nitrogens with zero attached hydrogens (tertiary/aromatic N) is 2. The lowest BCUT2D eigenvalue weighted by atomic mass is 9.49. The molecule has 1 aromatic rings. The number of nitrogens with one attached hydrogen (secondary N) is 1. The molecule has 21 heavy (non-hydrogen) atoms. The molecule has 5 saturated carbocycles. The molecule has 0 aromatic carbocycles. The van der Waals surface area contributed by atoms with E-state index in [9.17, 15) is 0 Å². The molecular formula is C17H25N3O. The Bertz CT molecular complexity index is 499. The van der Waals surface area contributed by atoms with Crippen molar-refractivity contribution in [3.05, 3.63) is 11.8 Å². The van der Waals surface area contributed by atoms with Crippen LogP contribution >= 0.6 is 0 Å². The lowest BCUT2D eigenvalue weighted by Crippen LogP contribution is -2.48. The smallest absolute Gasteiger partial charge is 0.222 e. The van der Waals surface area contributed by atoms with Crippen LogP contribution in [0.2, 0.25) is 0 Å². The average molecular weight is 287 g/mol. The van der Waals surface area contributed by atoms with Crippen molar-refractivity contribution in [1.82, 2.24) is 15.5 Å². The van der Waals surface area contributed by atoms with E-state index in [1.165, 1.54) is 51.4 Å². The van der Waals surface area contributed by atoms with Crippen molar-refractivity contribution in [2.24, 2.45) is 17.8 Å². The van der Waals surface area contributed by atoms with Crippen molar-refractivity contribution in [3.63, 3.8) is 0 Å². The fourth-order valence-electron chi connectivity index (χ4n) is 5.61. The summed E-state index contributed by atoms with van der Waals surface area (Å²) < 4.78 is 6.11. The highest BCUT2D eigenvalue weighted by Crippen LogP contribution is 2.60. The summed E-state index contributed by atoms with van der Waals surface area (Å²) in [6.07, 6.45) is 11.9. The number of rotatable bonds is 5. The Balaban J connectivity index is 1.31. The van der Waals surface area contributed by atoms with Crippen molar-refractivity contribution in [2.75, 3.05) is 6.54 Å². The normalized spacial score (nSPS) is 40.9. The van der Waals surface area contributed by atoms with Gasteiger partial charge in [0.2, 0.25) is 11.8 Å². The summed E-state index contributed by atoms with van der Waals surface area (Å²) in [6.45, 7) is 0.979. The Morgan fingerprint density at radius 1 is 1.00 bits per heavy atom. The number of aromatic nitrogens is 2. The van der Waals surface area contributed by atoms with Gasteiger partial charge in [-0.3, -0.25) is 0 Å². The first-order valence-electron chi connectivity index (χ1n) is 8.85. The molecule has 1 aromatic heterocycles. The molecular weight excluding hydrogens is 262 g/mol. The van der Waals surface area contributed by atoms with E-state index in [0.29, 0.717) is 0 Å². The molecule has 0 radical (unpaired) electrons. The summed E-state index contributed by atoms with van der Waals surface area (Å²) in [5.41, 5.74) is 0.254. The van der Waals surface area contributed by atoms with Crippen molar-refractivity contribution in [2.45, 2.75) is 69.2 Å². The Morgan fingerprint density at radius 2 is 1.67 bits per heavy atom. The van der Waals surface area contributed by atoms with Crippen LogP contribution in [0.4, 0.5) is 0 Å². The third-order valence-corrected chi connectivity index (χ3v) is 6.31. The van der Waals surface area contributed by atoms with E-state index in [0.717, 1.165) is 48.5 Å².